The molecular formula is C11H11FN2O2. The second kappa shape index (κ2) is 3.92. The van der Waals surface area contributed by atoms with Crippen molar-refractivity contribution in [1.29, 1.82) is 0 Å². The highest BCUT2D eigenvalue weighted by atomic mass is 19.1. The molecule has 0 bridgehead atoms. The fourth-order valence-corrected chi connectivity index (χ4v) is 1.85. The Morgan fingerprint density at radius 3 is 3.00 bits per heavy atom. The topological polar surface area (TPSA) is 58.2 Å². The summed E-state index contributed by atoms with van der Waals surface area (Å²) in [4.78, 5) is 22.9. The van der Waals surface area contributed by atoms with Crippen molar-refractivity contribution >= 4 is 17.5 Å². The molecule has 0 fully saturated rings. The number of anilines is 1. The third kappa shape index (κ3) is 1.76. The lowest BCUT2D eigenvalue weighted by Gasteiger charge is -2.24. The first-order valence-corrected chi connectivity index (χ1v) is 4.92. The summed E-state index contributed by atoms with van der Waals surface area (Å²) in [7, 11) is 1.51. The Bertz CT molecular complexity index is 459. The first-order chi connectivity index (χ1) is 7.61. The molecule has 16 heavy (non-hydrogen) atoms. The molecule has 1 aliphatic rings. The fraction of sp³-hybridized carbons (Fsp3) is 0.273. The quantitative estimate of drug-likeness (QED) is 0.744. The van der Waals surface area contributed by atoms with E-state index in [2.05, 4.69) is 10.6 Å². The maximum Gasteiger partial charge on any atom is 0.227 e. The van der Waals surface area contributed by atoms with Crippen LogP contribution in [0.2, 0.25) is 0 Å². The van der Waals surface area contributed by atoms with Crippen LogP contribution in [-0.4, -0.2) is 18.9 Å². The van der Waals surface area contributed by atoms with Crippen LogP contribution < -0.4 is 10.6 Å². The summed E-state index contributed by atoms with van der Waals surface area (Å²) in [5, 5.41) is 5.05. The Labute approximate surface area is 91.8 Å². The van der Waals surface area contributed by atoms with Gasteiger partial charge in [-0.2, -0.15) is 0 Å². The molecule has 1 aromatic carbocycles. The van der Waals surface area contributed by atoms with E-state index in [0.717, 1.165) is 0 Å². The lowest BCUT2D eigenvalue weighted by molar-refractivity contribution is -0.125. The predicted octanol–water partition coefficient (Wildman–Crippen LogP) is 0.997. The zero-order chi connectivity index (χ0) is 11.7. The van der Waals surface area contributed by atoms with Gasteiger partial charge in [0.15, 0.2) is 0 Å². The highest BCUT2D eigenvalue weighted by Crippen LogP contribution is 2.32. The first kappa shape index (κ1) is 10.6. The van der Waals surface area contributed by atoms with E-state index in [4.69, 9.17) is 0 Å². The summed E-state index contributed by atoms with van der Waals surface area (Å²) >= 11 is 0. The predicted molar refractivity (Wildman–Crippen MR) is 56.5 cm³/mol. The molecule has 84 valence electrons. The molecule has 1 atom stereocenters. The van der Waals surface area contributed by atoms with Gasteiger partial charge in [0.05, 0.1) is 5.92 Å². The van der Waals surface area contributed by atoms with Crippen molar-refractivity contribution in [3.8, 4) is 0 Å². The van der Waals surface area contributed by atoms with Crippen molar-refractivity contribution in [3.63, 3.8) is 0 Å². The molecule has 1 unspecified atom stereocenters. The van der Waals surface area contributed by atoms with Crippen LogP contribution in [0.25, 0.3) is 0 Å². The van der Waals surface area contributed by atoms with Crippen LogP contribution >= 0.6 is 0 Å². The van der Waals surface area contributed by atoms with E-state index < -0.39 is 11.7 Å². The Morgan fingerprint density at radius 1 is 1.56 bits per heavy atom. The highest BCUT2D eigenvalue weighted by Gasteiger charge is 2.30. The molecule has 2 rings (SSSR count). The molecule has 0 saturated carbocycles. The zero-order valence-electron chi connectivity index (χ0n) is 8.71. The molecule has 0 aliphatic carbocycles. The first-order valence-electron chi connectivity index (χ1n) is 4.92. The van der Waals surface area contributed by atoms with E-state index in [1.807, 2.05) is 0 Å². The number of likely N-dealkylation sites (N-methyl/N-ethyl adjacent to an activating group) is 1. The van der Waals surface area contributed by atoms with Crippen LogP contribution in [-0.2, 0) is 9.59 Å². The van der Waals surface area contributed by atoms with E-state index in [9.17, 15) is 14.0 Å². The van der Waals surface area contributed by atoms with Crippen molar-refractivity contribution in [2.45, 2.75) is 12.3 Å². The second-order valence-electron chi connectivity index (χ2n) is 3.65. The third-order valence-corrected chi connectivity index (χ3v) is 2.62. The zero-order valence-corrected chi connectivity index (χ0v) is 8.71. The number of benzene rings is 1. The number of fused-ring (bicyclic) bond motifs is 1. The van der Waals surface area contributed by atoms with Gasteiger partial charge in [0, 0.05) is 19.2 Å². The third-order valence-electron chi connectivity index (χ3n) is 2.62. The fourth-order valence-electron chi connectivity index (χ4n) is 1.85. The van der Waals surface area contributed by atoms with Crippen LogP contribution in [0, 0.1) is 5.82 Å². The number of amides is 2. The minimum absolute atomic E-state index is 0.0955. The summed E-state index contributed by atoms with van der Waals surface area (Å²) in [5.74, 6) is -1.47. The lowest BCUT2D eigenvalue weighted by atomic mass is 9.90. The summed E-state index contributed by atoms with van der Waals surface area (Å²) in [5.41, 5.74) is 1.03. The van der Waals surface area contributed by atoms with Gasteiger partial charge in [-0.1, -0.05) is 6.07 Å². The standard InChI is InChI=1S/C11H11FN2O2/c1-13-11(16)8-5-10(15)14-9-4-6(12)2-3-7(8)9/h2-4,8H,5H2,1H3,(H,13,16)(H,14,15). The average Bonchev–Trinajstić information content (AvgIpc) is 2.26. The molecule has 4 nitrogen and oxygen atoms in total. The number of carbonyl (C=O) groups is 2. The summed E-state index contributed by atoms with van der Waals surface area (Å²) < 4.78 is 13.0. The number of hydrogen-bond donors (Lipinski definition) is 2. The molecule has 0 aromatic heterocycles. The van der Waals surface area contributed by atoms with Gasteiger partial charge in [0.1, 0.15) is 5.82 Å². The van der Waals surface area contributed by atoms with Crippen molar-refractivity contribution in [3.05, 3.63) is 29.6 Å². The van der Waals surface area contributed by atoms with Crippen molar-refractivity contribution < 1.29 is 14.0 Å². The molecule has 2 N–H and O–H groups in total. The van der Waals surface area contributed by atoms with Crippen molar-refractivity contribution in [2.24, 2.45) is 0 Å². The summed E-state index contributed by atoms with van der Waals surface area (Å²) in [6.45, 7) is 0. The monoisotopic (exact) mass is 222 g/mol. The van der Waals surface area contributed by atoms with Gasteiger partial charge in [-0.15, -0.1) is 0 Å². The maximum absolute atomic E-state index is 13.0. The Hall–Kier alpha value is -1.91. The smallest absolute Gasteiger partial charge is 0.227 e. The molecule has 2 amide bonds. The average molecular weight is 222 g/mol. The molecule has 1 heterocycles. The number of hydrogen-bond acceptors (Lipinski definition) is 2. The van der Waals surface area contributed by atoms with E-state index in [1.165, 1.54) is 25.2 Å². The molecule has 0 radical (unpaired) electrons. The minimum atomic E-state index is -0.533. The van der Waals surface area contributed by atoms with Crippen LogP contribution in [0.15, 0.2) is 18.2 Å². The molecule has 0 spiro atoms. The SMILES string of the molecule is CNC(=O)C1CC(=O)Nc2cc(F)ccc21. The maximum atomic E-state index is 13.0. The van der Waals surface area contributed by atoms with Gasteiger partial charge in [-0.25, -0.2) is 4.39 Å². The normalized spacial score (nSPS) is 18.6. The van der Waals surface area contributed by atoms with Gasteiger partial charge in [-0.05, 0) is 17.7 Å². The van der Waals surface area contributed by atoms with Gasteiger partial charge in [0.2, 0.25) is 11.8 Å². The summed E-state index contributed by atoms with van der Waals surface area (Å²) in [6, 6.07) is 4.04. The number of carbonyl (C=O) groups excluding carboxylic acids is 2. The van der Waals surface area contributed by atoms with E-state index in [0.29, 0.717) is 11.3 Å². The number of rotatable bonds is 1. The van der Waals surface area contributed by atoms with E-state index in [-0.39, 0.29) is 18.2 Å². The second-order valence-corrected chi connectivity index (χ2v) is 3.65. The van der Waals surface area contributed by atoms with E-state index in [1.54, 1.807) is 0 Å². The summed E-state index contributed by atoms with van der Waals surface area (Å²) in [6.07, 6.45) is 0.0955. The molecule has 5 heteroatoms. The van der Waals surface area contributed by atoms with Gasteiger partial charge < -0.3 is 10.6 Å². The highest BCUT2D eigenvalue weighted by molar-refractivity contribution is 6.01. The van der Waals surface area contributed by atoms with Crippen LogP contribution in [0.3, 0.4) is 0 Å². The van der Waals surface area contributed by atoms with E-state index >= 15 is 0 Å². The largest absolute Gasteiger partial charge is 0.359 e. The van der Waals surface area contributed by atoms with Crippen molar-refractivity contribution in [1.82, 2.24) is 5.32 Å². The Balaban J connectivity index is 2.45. The van der Waals surface area contributed by atoms with Crippen LogP contribution in [0.4, 0.5) is 10.1 Å². The van der Waals surface area contributed by atoms with Gasteiger partial charge in [0.25, 0.3) is 0 Å². The lowest BCUT2D eigenvalue weighted by Crippen LogP contribution is -2.33. The molecular weight excluding hydrogens is 211 g/mol. The number of halogens is 1. The van der Waals surface area contributed by atoms with Crippen molar-refractivity contribution in [2.75, 3.05) is 12.4 Å². The van der Waals surface area contributed by atoms with Gasteiger partial charge >= 0.3 is 0 Å². The minimum Gasteiger partial charge on any atom is -0.359 e. The van der Waals surface area contributed by atoms with Gasteiger partial charge in [-0.3, -0.25) is 9.59 Å². The van der Waals surface area contributed by atoms with Crippen LogP contribution in [0.5, 0.6) is 0 Å². The Kier molecular flexibility index (Phi) is 2.60. The number of nitrogens with one attached hydrogen (secondary N) is 2. The molecule has 1 aromatic rings. The molecule has 1 aliphatic heterocycles. The molecule has 0 saturated heterocycles. The Morgan fingerprint density at radius 2 is 2.31 bits per heavy atom. The van der Waals surface area contributed by atoms with Crippen LogP contribution in [0.1, 0.15) is 17.9 Å².